The Labute approximate surface area is 156 Å². The van der Waals surface area contributed by atoms with Crippen molar-refractivity contribution in [3.05, 3.63) is 39.9 Å². The molecule has 1 aromatic carbocycles. The van der Waals surface area contributed by atoms with Crippen molar-refractivity contribution in [1.29, 1.82) is 0 Å². The van der Waals surface area contributed by atoms with E-state index in [0.717, 1.165) is 30.7 Å². The van der Waals surface area contributed by atoms with Gasteiger partial charge in [-0.3, -0.25) is 4.79 Å². The van der Waals surface area contributed by atoms with E-state index in [-0.39, 0.29) is 0 Å². The number of hydrogen-bond acceptors (Lipinski definition) is 5. The van der Waals surface area contributed by atoms with Gasteiger partial charge in [-0.2, -0.15) is 0 Å². The molecule has 0 aliphatic rings. The van der Waals surface area contributed by atoms with Crippen molar-refractivity contribution < 1.29 is 9.90 Å². The number of benzene rings is 1. The standard InChI is InChI=1S/C17H15BrN2O2S2/c1-9-12(10-4-6-11(18)7-5-10)13-14(23-9)19-8-20-15(13)24-17(2,3)16(21)22/h4-8H,1-3H3,(H,21,22). The highest BCUT2D eigenvalue weighted by molar-refractivity contribution is 9.10. The number of carbonyl (C=O) groups is 1. The number of thiophene rings is 1. The number of aryl methyl sites for hydroxylation is 1. The van der Waals surface area contributed by atoms with Crippen LogP contribution in [0.3, 0.4) is 0 Å². The van der Waals surface area contributed by atoms with Crippen LogP contribution in [0.2, 0.25) is 0 Å². The van der Waals surface area contributed by atoms with Crippen molar-refractivity contribution in [3.63, 3.8) is 0 Å². The average molecular weight is 423 g/mol. The molecule has 0 radical (unpaired) electrons. The molecule has 0 fully saturated rings. The summed E-state index contributed by atoms with van der Waals surface area (Å²) < 4.78 is 0.0509. The molecule has 2 heterocycles. The minimum absolute atomic E-state index is 0.703. The SMILES string of the molecule is Cc1sc2ncnc(SC(C)(C)C(=O)O)c2c1-c1ccc(Br)cc1. The number of carboxylic acid groups (broad SMARTS) is 1. The van der Waals surface area contributed by atoms with Crippen LogP contribution >= 0.6 is 39.0 Å². The fourth-order valence-corrected chi connectivity index (χ4v) is 4.66. The van der Waals surface area contributed by atoms with Gasteiger partial charge in [-0.15, -0.1) is 11.3 Å². The molecule has 0 amide bonds. The van der Waals surface area contributed by atoms with E-state index in [4.69, 9.17) is 0 Å². The van der Waals surface area contributed by atoms with Gasteiger partial charge in [-0.25, -0.2) is 9.97 Å². The third-order valence-electron chi connectivity index (χ3n) is 3.63. The summed E-state index contributed by atoms with van der Waals surface area (Å²) in [6, 6.07) is 8.08. The summed E-state index contributed by atoms with van der Waals surface area (Å²) in [5, 5.41) is 11.1. The third kappa shape index (κ3) is 3.20. The van der Waals surface area contributed by atoms with Crippen LogP contribution in [0, 0.1) is 6.92 Å². The third-order valence-corrected chi connectivity index (χ3v) is 6.36. The second-order valence-corrected chi connectivity index (χ2v) is 9.55. The van der Waals surface area contributed by atoms with Crippen molar-refractivity contribution >= 4 is 55.2 Å². The Kier molecular flexibility index (Phi) is 4.68. The topological polar surface area (TPSA) is 63.1 Å². The lowest BCUT2D eigenvalue weighted by molar-refractivity contribution is -0.138. The van der Waals surface area contributed by atoms with E-state index in [0.29, 0.717) is 5.03 Å². The Morgan fingerprint density at radius 1 is 1.25 bits per heavy atom. The zero-order valence-electron chi connectivity index (χ0n) is 13.3. The Hall–Kier alpha value is -1.44. The van der Waals surface area contributed by atoms with Gasteiger partial charge in [0.2, 0.25) is 0 Å². The number of aromatic nitrogens is 2. The summed E-state index contributed by atoms with van der Waals surface area (Å²) in [6.45, 7) is 5.43. The maximum absolute atomic E-state index is 11.5. The van der Waals surface area contributed by atoms with Gasteiger partial charge in [0.1, 0.15) is 20.9 Å². The average Bonchev–Trinajstić information content (AvgIpc) is 2.85. The second kappa shape index (κ2) is 6.46. The minimum atomic E-state index is -0.964. The van der Waals surface area contributed by atoms with Crippen LogP contribution < -0.4 is 0 Å². The number of aliphatic carboxylic acids is 1. The predicted molar refractivity (Wildman–Crippen MR) is 103 cm³/mol. The van der Waals surface area contributed by atoms with Gasteiger partial charge < -0.3 is 5.11 Å². The molecule has 0 atom stereocenters. The molecule has 3 aromatic rings. The van der Waals surface area contributed by atoms with Gasteiger partial charge >= 0.3 is 5.97 Å². The first kappa shape index (κ1) is 17.4. The van der Waals surface area contributed by atoms with Crippen molar-refractivity contribution in [2.75, 3.05) is 0 Å². The monoisotopic (exact) mass is 422 g/mol. The number of nitrogens with zero attached hydrogens (tertiary/aromatic N) is 2. The molecule has 0 saturated heterocycles. The highest BCUT2D eigenvalue weighted by atomic mass is 79.9. The maximum Gasteiger partial charge on any atom is 0.319 e. The van der Waals surface area contributed by atoms with Crippen LogP contribution in [0.4, 0.5) is 0 Å². The van der Waals surface area contributed by atoms with E-state index < -0.39 is 10.7 Å². The van der Waals surface area contributed by atoms with E-state index in [9.17, 15) is 9.90 Å². The number of hydrogen-bond donors (Lipinski definition) is 1. The van der Waals surface area contributed by atoms with Gasteiger partial charge in [-0.05, 0) is 38.5 Å². The summed E-state index contributed by atoms with van der Waals surface area (Å²) in [5.74, 6) is -0.864. The molecule has 3 rings (SSSR count). The molecule has 0 bridgehead atoms. The molecular formula is C17H15BrN2O2S2. The van der Waals surface area contributed by atoms with Crippen molar-refractivity contribution in [3.8, 4) is 11.1 Å². The largest absolute Gasteiger partial charge is 0.480 e. The van der Waals surface area contributed by atoms with Crippen LogP contribution in [-0.4, -0.2) is 25.8 Å². The summed E-state index contributed by atoms with van der Waals surface area (Å²) in [5.41, 5.74) is 2.15. The molecule has 0 aliphatic heterocycles. The van der Waals surface area contributed by atoms with Crippen LogP contribution in [0.25, 0.3) is 21.3 Å². The molecule has 24 heavy (non-hydrogen) atoms. The zero-order valence-corrected chi connectivity index (χ0v) is 16.6. The van der Waals surface area contributed by atoms with Crippen LogP contribution in [0.1, 0.15) is 18.7 Å². The Morgan fingerprint density at radius 3 is 2.54 bits per heavy atom. The first-order chi connectivity index (χ1) is 11.3. The molecular weight excluding hydrogens is 408 g/mol. The molecule has 124 valence electrons. The van der Waals surface area contributed by atoms with E-state index in [2.05, 4.69) is 32.8 Å². The smallest absolute Gasteiger partial charge is 0.319 e. The Morgan fingerprint density at radius 2 is 1.92 bits per heavy atom. The molecule has 7 heteroatoms. The molecule has 4 nitrogen and oxygen atoms in total. The highest BCUT2D eigenvalue weighted by Gasteiger charge is 2.31. The minimum Gasteiger partial charge on any atom is -0.480 e. The molecule has 1 N–H and O–H groups in total. The van der Waals surface area contributed by atoms with E-state index in [1.807, 2.05) is 24.3 Å². The number of fused-ring (bicyclic) bond motifs is 1. The molecule has 0 aliphatic carbocycles. The Bertz CT molecular complexity index is 920. The molecule has 0 unspecified atom stereocenters. The van der Waals surface area contributed by atoms with Crippen LogP contribution in [-0.2, 0) is 4.79 Å². The van der Waals surface area contributed by atoms with Crippen molar-refractivity contribution in [2.24, 2.45) is 0 Å². The fraction of sp³-hybridized carbons (Fsp3) is 0.235. The molecule has 2 aromatic heterocycles. The zero-order chi connectivity index (χ0) is 17.5. The highest BCUT2D eigenvalue weighted by Crippen LogP contribution is 2.44. The summed E-state index contributed by atoms with van der Waals surface area (Å²) in [6.07, 6.45) is 1.50. The van der Waals surface area contributed by atoms with Crippen LogP contribution in [0.15, 0.2) is 40.1 Å². The van der Waals surface area contributed by atoms with Gasteiger partial charge in [0, 0.05) is 14.9 Å². The van der Waals surface area contributed by atoms with Gasteiger partial charge in [0.05, 0.1) is 5.39 Å². The first-order valence-corrected chi connectivity index (χ1v) is 9.64. The Balaban J connectivity index is 2.22. The van der Waals surface area contributed by atoms with E-state index in [1.54, 1.807) is 25.2 Å². The number of halogens is 1. The molecule has 0 saturated carbocycles. The lowest BCUT2D eigenvalue weighted by Crippen LogP contribution is -2.27. The van der Waals surface area contributed by atoms with E-state index in [1.165, 1.54) is 18.1 Å². The second-order valence-electron chi connectivity index (χ2n) is 5.82. The van der Waals surface area contributed by atoms with Gasteiger partial charge in [0.25, 0.3) is 0 Å². The van der Waals surface area contributed by atoms with Gasteiger partial charge in [-0.1, -0.05) is 39.8 Å². The van der Waals surface area contributed by atoms with Crippen molar-refractivity contribution in [1.82, 2.24) is 9.97 Å². The summed E-state index contributed by atoms with van der Waals surface area (Å²) >= 11 is 6.31. The summed E-state index contributed by atoms with van der Waals surface area (Å²) in [7, 11) is 0. The number of carboxylic acids is 1. The normalized spacial score (nSPS) is 11.8. The van der Waals surface area contributed by atoms with Crippen molar-refractivity contribution in [2.45, 2.75) is 30.5 Å². The molecule has 0 spiro atoms. The number of thioether (sulfide) groups is 1. The quantitative estimate of drug-likeness (QED) is 0.451. The predicted octanol–water partition coefficient (Wildman–Crippen LogP) is 5.38. The lowest BCUT2D eigenvalue weighted by Gasteiger charge is -2.18. The van der Waals surface area contributed by atoms with Crippen LogP contribution in [0.5, 0.6) is 0 Å². The lowest BCUT2D eigenvalue weighted by atomic mass is 10.0. The fourth-order valence-electron chi connectivity index (χ4n) is 2.34. The van der Waals surface area contributed by atoms with Gasteiger partial charge in [0.15, 0.2) is 0 Å². The maximum atomic E-state index is 11.5. The summed E-state index contributed by atoms with van der Waals surface area (Å²) in [4.78, 5) is 22.3. The number of rotatable bonds is 4. The van der Waals surface area contributed by atoms with E-state index >= 15 is 0 Å². The first-order valence-electron chi connectivity index (χ1n) is 7.22.